The van der Waals surface area contributed by atoms with Crippen molar-refractivity contribution in [1.82, 2.24) is 0 Å². The Labute approximate surface area is 99.7 Å². The Morgan fingerprint density at radius 1 is 1.12 bits per heavy atom. The fourth-order valence-corrected chi connectivity index (χ4v) is 1.43. The van der Waals surface area contributed by atoms with Gasteiger partial charge >= 0.3 is 7.12 Å². The fourth-order valence-electron chi connectivity index (χ4n) is 1.43. The van der Waals surface area contributed by atoms with Crippen molar-refractivity contribution in [2.75, 3.05) is 6.61 Å². The molecule has 16 heavy (non-hydrogen) atoms. The van der Waals surface area contributed by atoms with Crippen LogP contribution in [0.15, 0.2) is 12.1 Å². The first kappa shape index (κ1) is 15.7. The van der Waals surface area contributed by atoms with Gasteiger partial charge in [0.25, 0.3) is 0 Å². The molecule has 0 amide bonds. The van der Waals surface area contributed by atoms with Gasteiger partial charge in [0.15, 0.2) is 0 Å². The molecule has 0 aliphatic heterocycles. The van der Waals surface area contributed by atoms with Crippen LogP contribution in [0.2, 0.25) is 0 Å². The molecule has 0 aromatic carbocycles. The Balaban J connectivity index is 3.85. The predicted octanol–water partition coefficient (Wildman–Crippen LogP) is 2.32. The van der Waals surface area contributed by atoms with E-state index in [0.717, 1.165) is 32.3 Å². The minimum atomic E-state index is -1.37. The molecular formula is C12H25BO3. The molecule has 1 atom stereocenters. The quantitative estimate of drug-likeness (QED) is 0.445. The van der Waals surface area contributed by atoms with E-state index in [0.29, 0.717) is 0 Å². The highest BCUT2D eigenvalue weighted by Crippen LogP contribution is 2.09. The van der Waals surface area contributed by atoms with Crippen LogP contribution >= 0.6 is 0 Å². The summed E-state index contributed by atoms with van der Waals surface area (Å²) in [5.41, 5.74) is 0. The molecule has 94 valence electrons. The van der Waals surface area contributed by atoms with Gasteiger partial charge in [-0.1, -0.05) is 51.6 Å². The molecule has 0 aromatic heterocycles. The first-order valence-corrected chi connectivity index (χ1v) is 6.36. The molecule has 0 radical (unpaired) electrons. The minimum Gasteiger partial charge on any atom is -0.424 e. The van der Waals surface area contributed by atoms with Gasteiger partial charge in [0.1, 0.15) is 0 Å². The first-order chi connectivity index (χ1) is 7.70. The molecule has 2 N–H and O–H groups in total. The smallest absolute Gasteiger partial charge is 0.424 e. The average Bonchev–Trinajstić information content (AvgIpc) is 2.25. The second-order valence-electron chi connectivity index (χ2n) is 4.06. The van der Waals surface area contributed by atoms with Crippen molar-refractivity contribution in [3.63, 3.8) is 0 Å². The van der Waals surface area contributed by atoms with E-state index >= 15 is 0 Å². The third kappa shape index (κ3) is 10.2. The second-order valence-corrected chi connectivity index (χ2v) is 4.06. The fraction of sp³-hybridized carbons (Fsp3) is 0.833. The lowest BCUT2D eigenvalue weighted by atomic mass is 9.90. The summed E-state index contributed by atoms with van der Waals surface area (Å²) in [6.07, 6.45) is 8.43. The molecule has 0 heterocycles. The van der Waals surface area contributed by atoms with E-state index in [1.807, 2.05) is 0 Å². The minimum absolute atomic E-state index is 0.0277. The van der Waals surface area contributed by atoms with Gasteiger partial charge in [0.05, 0.1) is 6.10 Å². The first-order valence-electron chi connectivity index (χ1n) is 6.36. The standard InChI is InChI=1S/C12H25BO3/c1-3-5-7-8-12(9-10-13(14)15)16-11-6-4-2/h9-10,12,14-15H,3-8,11H2,1-2H3/b10-9+. The summed E-state index contributed by atoms with van der Waals surface area (Å²) in [7, 11) is -1.37. The number of hydrogen-bond donors (Lipinski definition) is 2. The number of rotatable bonds is 10. The highest BCUT2D eigenvalue weighted by atomic mass is 16.5. The Kier molecular flexibility index (Phi) is 11.0. The van der Waals surface area contributed by atoms with Gasteiger partial charge < -0.3 is 14.8 Å². The summed E-state index contributed by atoms with van der Waals surface area (Å²) in [6, 6.07) is 0. The Morgan fingerprint density at radius 2 is 1.81 bits per heavy atom. The van der Waals surface area contributed by atoms with Crippen molar-refractivity contribution < 1.29 is 14.8 Å². The van der Waals surface area contributed by atoms with E-state index in [1.54, 1.807) is 6.08 Å². The summed E-state index contributed by atoms with van der Waals surface area (Å²) < 4.78 is 5.67. The normalized spacial score (nSPS) is 13.2. The SMILES string of the molecule is CCCCCC(/C=C/B(O)O)OCCCC. The zero-order valence-corrected chi connectivity index (χ0v) is 10.6. The van der Waals surface area contributed by atoms with Crippen LogP contribution in [0.4, 0.5) is 0 Å². The third-order valence-electron chi connectivity index (χ3n) is 2.42. The lowest BCUT2D eigenvalue weighted by Gasteiger charge is -2.13. The van der Waals surface area contributed by atoms with Gasteiger partial charge in [0, 0.05) is 6.61 Å². The summed E-state index contributed by atoms with van der Waals surface area (Å²) >= 11 is 0. The van der Waals surface area contributed by atoms with E-state index in [2.05, 4.69) is 13.8 Å². The van der Waals surface area contributed by atoms with E-state index in [-0.39, 0.29) is 6.10 Å². The Hall–Kier alpha value is -0.315. The summed E-state index contributed by atoms with van der Waals surface area (Å²) in [6.45, 7) is 5.04. The van der Waals surface area contributed by atoms with Crippen LogP contribution in [0.25, 0.3) is 0 Å². The Morgan fingerprint density at radius 3 is 2.38 bits per heavy atom. The van der Waals surface area contributed by atoms with Crippen LogP contribution in [0.5, 0.6) is 0 Å². The molecule has 0 spiro atoms. The Bertz CT molecular complexity index is 162. The van der Waals surface area contributed by atoms with Crippen molar-refractivity contribution >= 4 is 7.12 Å². The number of hydrogen-bond acceptors (Lipinski definition) is 3. The molecular weight excluding hydrogens is 203 g/mol. The average molecular weight is 228 g/mol. The zero-order valence-electron chi connectivity index (χ0n) is 10.6. The zero-order chi connectivity index (χ0) is 12.2. The van der Waals surface area contributed by atoms with Gasteiger partial charge in [-0.2, -0.15) is 0 Å². The third-order valence-corrected chi connectivity index (χ3v) is 2.42. The molecule has 0 aromatic rings. The molecule has 0 rings (SSSR count). The summed E-state index contributed by atoms with van der Waals surface area (Å²) in [4.78, 5) is 0. The molecule has 4 heteroatoms. The highest BCUT2D eigenvalue weighted by Gasteiger charge is 2.07. The van der Waals surface area contributed by atoms with Crippen LogP contribution in [-0.2, 0) is 4.74 Å². The molecule has 0 fully saturated rings. The van der Waals surface area contributed by atoms with Gasteiger partial charge in [-0.15, -0.1) is 0 Å². The second kappa shape index (κ2) is 11.2. The van der Waals surface area contributed by atoms with Crippen molar-refractivity contribution in [2.45, 2.75) is 58.5 Å². The van der Waals surface area contributed by atoms with Crippen LogP contribution in [0, 0.1) is 0 Å². The monoisotopic (exact) mass is 228 g/mol. The maximum Gasteiger partial charge on any atom is 0.480 e. The van der Waals surface area contributed by atoms with Crippen LogP contribution in [0.3, 0.4) is 0 Å². The predicted molar refractivity (Wildman–Crippen MR) is 68.1 cm³/mol. The van der Waals surface area contributed by atoms with Crippen molar-refractivity contribution in [2.24, 2.45) is 0 Å². The summed E-state index contributed by atoms with van der Waals surface area (Å²) in [5.74, 6) is 1.38. The molecule has 0 saturated carbocycles. The molecule has 0 bridgehead atoms. The summed E-state index contributed by atoms with van der Waals surface area (Å²) in [5, 5.41) is 17.5. The van der Waals surface area contributed by atoms with Gasteiger partial charge in [-0.3, -0.25) is 0 Å². The number of ether oxygens (including phenoxy) is 1. The molecule has 0 aliphatic rings. The van der Waals surface area contributed by atoms with Crippen LogP contribution in [0.1, 0.15) is 52.4 Å². The molecule has 1 unspecified atom stereocenters. The molecule has 0 aliphatic carbocycles. The van der Waals surface area contributed by atoms with E-state index in [4.69, 9.17) is 14.8 Å². The number of unbranched alkanes of at least 4 members (excludes halogenated alkanes) is 3. The molecule has 0 saturated heterocycles. The lowest BCUT2D eigenvalue weighted by molar-refractivity contribution is 0.0755. The lowest BCUT2D eigenvalue weighted by Crippen LogP contribution is -2.14. The largest absolute Gasteiger partial charge is 0.480 e. The van der Waals surface area contributed by atoms with Crippen molar-refractivity contribution in [3.05, 3.63) is 12.1 Å². The van der Waals surface area contributed by atoms with Gasteiger partial charge in [-0.05, 0) is 12.8 Å². The maximum absolute atomic E-state index is 8.76. The molecule has 3 nitrogen and oxygen atoms in total. The van der Waals surface area contributed by atoms with Crippen molar-refractivity contribution in [1.29, 1.82) is 0 Å². The van der Waals surface area contributed by atoms with E-state index < -0.39 is 7.12 Å². The highest BCUT2D eigenvalue weighted by molar-refractivity contribution is 6.47. The topological polar surface area (TPSA) is 49.7 Å². The van der Waals surface area contributed by atoms with Gasteiger partial charge in [-0.25, -0.2) is 0 Å². The van der Waals surface area contributed by atoms with E-state index in [1.165, 1.54) is 18.8 Å². The van der Waals surface area contributed by atoms with Crippen LogP contribution in [-0.4, -0.2) is 29.9 Å². The maximum atomic E-state index is 8.76. The van der Waals surface area contributed by atoms with Gasteiger partial charge in [0.2, 0.25) is 0 Å². The van der Waals surface area contributed by atoms with Crippen LogP contribution < -0.4 is 0 Å². The van der Waals surface area contributed by atoms with Crippen molar-refractivity contribution in [3.8, 4) is 0 Å². The van der Waals surface area contributed by atoms with E-state index in [9.17, 15) is 0 Å².